The SMILES string of the molecule is COc1ccc(OC)c(-c2cc(C(=O)N3C[C@@H]4C[C@@]5(C)[C@H](CCCC[C@@H]35)N4)[nH]n2)c1. The van der Waals surface area contributed by atoms with Crippen LogP contribution in [0.15, 0.2) is 24.3 Å². The van der Waals surface area contributed by atoms with Gasteiger partial charge in [0.2, 0.25) is 0 Å². The molecule has 1 saturated carbocycles. The molecule has 2 bridgehead atoms. The second-order valence-corrected chi connectivity index (χ2v) is 9.12. The molecule has 2 N–H and O–H groups in total. The van der Waals surface area contributed by atoms with Gasteiger partial charge in [-0.2, -0.15) is 5.10 Å². The van der Waals surface area contributed by atoms with Gasteiger partial charge in [-0.1, -0.05) is 19.8 Å². The second-order valence-electron chi connectivity index (χ2n) is 9.12. The van der Waals surface area contributed by atoms with E-state index in [-0.39, 0.29) is 17.4 Å². The molecule has 7 heteroatoms. The van der Waals surface area contributed by atoms with E-state index < -0.39 is 0 Å². The number of aromatic nitrogens is 2. The second kappa shape index (κ2) is 7.30. The molecule has 3 fully saturated rings. The Kier molecular flexibility index (Phi) is 4.73. The van der Waals surface area contributed by atoms with Gasteiger partial charge >= 0.3 is 0 Å². The van der Waals surface area contributed by atoms with Crippen LogP contribution in [-0.2, 0) is 0 Å². The molecule has 5 rings (SSSR count). The van der Waals surface area contributed by atoms with Gasteiger partial charge in [-0.3, -0.25) is 9.89 Å². The highest BCUT2D eigenvalue weighted by atomic mass is 16.5. The topological polar surface area (TPSA) is 79.5 Å². The number of piperidine rings is 1. The maximum absolute atomic E-state index is 13.6. The van der Waals surface area contributed by atoms with Crippen LogP contribution in [0.4, 0.5) is 0 Å². The quantitative estimate of drug-likeness (QED) is 0.809. The zero-order valence-corrected chi connectivity index (χ0v) is 17.9. The fraction of sp³-hybridized carbons (Fsp3) is 0.565. The number of nitrogens with zero attached hydrogens (tertiary/aromatic N) is 2. The van der Waals surface area contributed by atoms with Crippen LogP contribution in [0.3, 0.4) is 0 Å². The van der Waals surface area contributed by atoms with Crippen LogP contribution in [0.5, 0.6) is 11.5 Å². The number of fused-ring (bicyclic) bond motifs is 1. The van der Waals surface area contributed by atoms with E-state index in [1.54, 1.807) is 14.2 Å². The number of amides is 1. The molecule has 0 radical (unpaired) electrons. The number of rotatable bonds is 4. The minimum atomic E-state index is 0.0425. The first kappa shape index (κ1) is 19.4. The summed E-state index contributed by atoms with van der Waals surface area (Å²) in [5.74, 6) is 1.46. The van der Waals surface area contributed by atoms with Crippen molar-refractivity contribution in [2.45, 2.75) is 57.2 Å². The van der Waals surface area contributed by atoms with Gasteiger partial charge in [-0.05, 0) is 43.5 Å². The molecule has 3 heterocycles. The molecule has 1 aromatic heterocycles. The number of carbonyl (C=O) groups excluding carboxylic acids is 1. The summed E-state index contributed by atoms with van der Waals surface area (Å²) in [5.41, 5.74) is 2.17. The van der Waals surface area contributed by atoms with Gasteiger partial charge in [0.05, 0.1) is 19.9 Å². The number of ether oxygens (including phenoxy) is 2. The minimum Gasteiger partial charge on any atom is -0.497 e. The maximum atomic E-state index is 13.6. The largest absolute Gasteiger partial charge is 0.497 e. The van der Waals surface area contributed by atoms with Crippen LogP contribution in [0.1, 0.15) is 49.5 Å². The Morgan fingerprint density at radius 1 is 1.20 bits per heavy atom. The molecule has 3 aliphatic rings. The third-order valence-corrected chi connectivity index (χ3v) is 7.45. The van der Waals surface area contributed by atoms with Crippen molar-refractivity contribution in [3.63, 3.8) is 0 Å². The van der Waals surface area contributed by atoms with E-state index >= 15 is 0 Å². The third kappa shape index (κ3) is 2.98. The Hall–Kier alpha value is -2.54. The number of benzene rings is 1. The predicted octanol–water partition coefficient (Wildman–Crippen LogP) is 3.23. The van der Waals surface area contributed by atoms with Crippen LogP contribution in [0.25, 0.3) is 11.3 Å². The van der Waals surface area contributed by atoms with Gasteiger partial charge in [0.25, 0.3) is 5.91 Å². The molecular formula is C23H30N4O3. The van der Waals surface area contributed by atoms with E-state index in [4.69, 9.17) is 9.47 Å². The number of nitrogens with one attached hydrogen (secondary N) is 2. The molecule has 0 unspecified atom stereocenters. The predicted molar refractivity (Wildman–Crippen MR) is 114 cm³/mol. The molecule has 1 aromatic carbocycles. The summed E-state index contributed by atoms with van der Waals surface area (Å²) in [6.45, 7) is 3.14. The number of methoxy groups -OCH3 is 2. The Labute approximate surface area is 177 Å². The number of H-pyrrole nitrogens is 1. The van der Waals surface area contributed by atoms with Crippen molar-refractivity contribution in [2.24, 2.45) is 5.41 Å². The Morgan fingerprint density at radius 3 is 2.83 bits per heavy atom. The van der Waals surface area contributed by atoms with Crippen molar-refractivity contribution in [1.82, 2.24) is 20.4 Å². The first-order valence-corrected chi connectivity index (χ1v) is 10.9. The molecule has 1 aliphatic carbocycles. The van der Waals surface area contributed by atoms with Crippen molar-refractivity contribution in [1.29, 1.82) is 0 Å². The lowest BCUT2D eigenvalue weighted by atomic mass is 9.71. The number of hydrogen-bond acceptors (Lipinski definition) is 5. The molecular weight excluding hydrogens is 380 g/mol. The normalized spacial score (nSPS) is 30.1. The number of aromatic amines is 1. The molecule has 30 heavy (non-hydrogen) atoms. The first-order chi connectivity index (χ1) is 14.5. The number of hydrogen-bond donors (Lipinski definition) is 2. The highest BCUT2D eigenvalue weighted by Gasteiger charge is 2.55. The summed E-state index contributed by atoms with van der Waals surface area (Å²) in [7, 11) is 3.26. The Bertz CT molecular complexity index is 958. The van der Waals surface area contributed by atoms with Gasteiger partial charge in [0, 0.05) is 35.6 Å². The smallest absolute Gasteiger partial charge is 0.272 e. The molecule has 4 atom stereocenters. The van der Waals surface area contributed by atoms with E-state index in [2.05, 4.69) is 27.3 Å². The molecule has 160 valence electrons. The van der Waals surface area contributed by atoms with Crippen molar-refractivity contribution in [2.75, 3.05) is 20.8 Å². The summed E-state index contributed by atoms with van der Waals surface area (Å²) >= 11 is 0. The van der Waals surface area contributed by atoms with Gasteiger partial charge in [-0.25, -0.2) is 0 Å². The monoisotopic (exact) mass is 410 g/mol. The number of carbonyl (C=O) groups is 1. The van der Waals surface area contributed by atoms with Crippen molar-refractivity contribution in [3.05, 3.63) is 30.0 Å². The van der Waals surface area contributed by atoms with E-state index in [1.165, 1.54) is 25.7 Å². The van der Waals surface area contributed by atoms with Gasteiger partial charge < -0.3 is 19.7 Å². The summed E-state index contributed by atoms with van der Waals surface area (Å²) < 4.78 is 10.8. The highest BCUT2D eigenvalue weighted by molar-refractivity contribution is 5.94. The lowest BCUT2D eigenvalue weighted by molar-refractivity contribution is 0.0279. The summed E-state index contributed by atoms with van der Waals surface area (Å²) in [6.07, 6.45) is 5.89. The van der Waals surface area contributed by atoms with E-state index in [0.29, 0.717) is 29.2 Å². The van der Waals surface area contributed by atoms with E-state index in [1.807, 2.05) is 24.3 Å². The van der Waals surface area contributed by atoms with E-state index in [9.17, 15) is 4.79 Å². The van der Waals surface area contributed by atoms with Crippen LogP contribution in [0.2, 0.25) is 0 Å². The first-order valence-electron chi connectivity index (χ1n) is 10.9. The van der Waals surface area contributed by atoms with Crippen LogP contribution < -0.4 is 14.8 Å². The van der Waals surface area contributed by atoms with Crippen LogP contribution in [-0.4, -0.2) is 59.9 Å². The maximum Gasteiger partial charge on any atom is 0.272 e. The Balaban J connectivity index is 1.45. The highest BCUT2D eigenvalue weighted by Crippen LogP contribution is 2.49. The molecule has 1 amide bonds. The summed E-state index contributed by atoms with van der Waals surface area (Å²) in [6, 6.07) is 8.60. The third-order valence-electron chi connectivity index (χ3n) is 7.45. The minimum absolute atomic E-state index is 0.0425. The van der Waals surface area contributed by atoms with Gasteiger partial charge in [0.1, 0.15) is 17.2 Å². The summed E-state index contributed by atoms with van der Waals surface area (Å²) in [5, 5.41) is 11.2. The molecule has 2 aromatic rings. The van der Waals surface area contributed by atoms with E-state index in [0.717, 1.165) is 24.3 Å². The lowest BCUT2D eigenvalue weighted by Gasteiger charge is -2.46. The molecule has 7 nitrogen and oxygen atoms in total. The standard InChI is InChI=1S/C23H30N4O3/c1-23-12-14-13-27(21(23)7-5-4-6-20(23)24-14)22(28)18-11-17(25-26-18)16-10-15(29-2)8-9-19(16)30-3/h8-11,14,20-21,24H,4-7,12-13H2,1-3H3,(H,25,26)/t14-,20-,21+,23-/m0/s1. The van der Waals surface area contributed by atoms with Crippen molar-refractivity contribution < 1.29 is 14.3 Å². The van der Waals surface area contributed by atoms with Crippen LogP contribution >= 0.6 is 0 Å². The average molecular weight is 411 g/mol. The lowest BCUT2D eigenvalue weighted by Crippen LogP contribution is -2.55. The number of likely N-dealkylation sites (tertiary alicyclic amines) is 1. The molecule has 2 saturated heterocycles. The zero-order chi connectivity index (χ0) is 20.9. The summed E-state index contributed by atoms with van der Waals surface area (Å²) in [4.78, 5) is 15.7. The van der Waals surface area contributed by atoms with Gasteiger partial charge in [0.15, 0.2) is 0 Å². The molecule has 2 aliphatic heterocycles. The van der Waals surface area contributed by atoms with Crippen LogP contribution in [0, 0.1) is 5.41 Å². The van der Waals surface area contributed by atoms with Crippen molar-refractivity contribution >= 4 is 5.91 Å². The fourth-order valence-corrected chi connectivity index (χ4v) is 5.96. The zero-order valence-electron chi connectivity index (χ0n) is 17.9. The molecule has 0 spiro atoms. The fourth-order valence-electron chi connectivity index (χ4n) is 5.96. The average Bonchev–Trinajstić information content (AvgIpc) is 3.31. The van der Waals surface area contributed by atoms with Crippen molar-refractivity contribution in [3.8, 4) is 22.8 Å². The van der Waals surface area contributed by atoms with Gasteiger partial charge in [-0.15, -0.1) is 0 Å². The Morgan fingerprint density at radius 2 is 2.03 bits per heavy atom.